The summed E-state index contributed by atoms with van der Waals surface area (Å²) in [4.78, 5) is 30.3. The van der Waals surface area contributed by atoms with Crippen LogP contribution in [0, 0.1) is 0 Å². The quantitative estimate of drug-likeness (QED) is 0.745. The van der Waals surface area contributed by atoms with Gasteiger partial charge in [-0.3, -0.25) is 14.9 Å². The molecule has 0 aliphatic carbocycles. The van der Waals surface area contributed by atoms with E-state index in [9.17, 15) is 22.8 Å². The Morgan fingerprint density at radius 2 is 1.85 bits per heavy atom. The van der Waals surface area contributed by atoms with Gasteiger partial charge in [-0.15, -0.1) is 0 Å². The van der Waals surface area contributed by atoms with Gasteiger partial charge in [0.15, 0.2) is 0 Å². The second kappa shape index (κ2) is 4.94. The predicted molar refractivity (Wildman–Crippen MR) is 61.9 cm³/mol. The molecular formula is C10H10F3N5O2. The lowest BCUT2D eigenvalue weighted by molar-refractivity contribution is -0.144. The monoisotopic (exact) mass is 289 g/mol. The zero-order valence-electron chi connectivity index (χ0n) is 10.3. The summed E-state index contributed by atoms with van der Waals surface area (Å²) in [6.45, 7) is -0.494. The van der Waals surface area contributed by atoms with Crippen molar-refractivity contribution in [3.05, 3.63) is 11.9 Å². The lowest BCUT2D eigenvalue weighted by Gasteiger charge is -2.26. The topological polar surface area (TPSA) is 87.2 Å². The van der Waals surface area contributed by atoms with Crippen LogP contribution in [0.2, 0.25) is 0 Å². The zero-order chi connectivity index (χ0) is 14.9. The van der Waals surface area contributed by atoms with E-state index in [1.807, 2.05) is 0 Å². The molecule has 0 radical (unpaired) electrons. The van der Waals surface area contributed by atoms with Crippen LogP contribution in [0.3, 0.4) is 0 Å². The molecule has 1 aromatic heterocycles. The number of rotatable bonds is 2. The van der Waals surface area contributed by atoms with Crippen molar-refractivity contribution in [2.24, 2.45) is 0 Å². The fraction of sp³-hybridized carbons (Fsp3) is 0.400. The van der Waals surface area contributed by atoms with Gasteiger partial charge in [0.2, 0.25) is 17.6 Å². The highest BCUT2D eigenvalue weighted by Crippen LogP contribution is 2.29. The third kappa shape index (κ3) is 2.95. The summed E-state index contributed by atoms with van der Waals surface area (Å²) >= 11 is 0. The number of alkyl halides is 3. The maximum atomic E-state index is 12.7. The number of nitrogens with zero attached hydrogens (tertiary/aromatic N) is 3. The van der Waals surface area contributed by atoms with E-state index >= 15 is 0 Å². The molecule has 2 heterocycles. The van der Waals surface area contributed by atoms with Crippen molar-refractivity contribution in [1.82, 2.24) is 15.3 Å². The molecule has 0 aromatic carbocycles. The molecule has 10 heteroatoms. The van der Waals surface area contributed by atoms with Crippen LogP contribution in [0.15, 0.2) is 6.07 Å². The Balaban J connectivity index is 2.40. The number of anilines is 2. The molecule has 2 rings (SSSR count). The minimum absolute atomic E-state index is 0.0549. The van der Waals surface area contributed by atoms with Crippen LogP contribution in [0.25, 0.3) is 0 Å². The molecule has 20 heavy (non-hydrogen) atoms. The summed E-state index contributed by atoms with van der Waals surface area (Å²) in [5.41, 5.74) is 0. The number of imide groups is 1. The predicted octanol–water partition coefficient (Wildman–Crippen LogP) is -0.000100. The third-order valence-corrected chi connectivity index (χ3v) is 2.49. The van der Waals surface area contributed by atoms with Crippen LogP contribution in [-0.4, -0.2) is 41.9 Å². The number of nitrogens with one attached hydrogen (secondary N) is 2. The van der Waals surface area contributed by atoms with Gasteiger partial charge in [0, 0.05) is 13.1 Å². The minimum atomic E-state index is -4.72. The highest BCUT2D eigenvalue weighted by molar-refractivity contribution is 6.02. The Labute approximate surface area is 111 Å². The van der Waals surface area contributed by atoms with Gasteiger partial charge in [0.1, 0.15) is 11.6 Å². The lowest BCUT2D eigenvalue weighted by Crippen LogP contribution is -2.51. The molecule has 7 nitrogen and oxygen atoms in total. The van der Waals surface area contributed by atoms with Crippen LogP contribution in [0.4, 0.5) is 24.8 Å². The molecule has 1 fully saturated rings. The van der Waals surface area contributed by atoms with Crippen molar-refractivity contribution >= 4 is 23.5 Å². The number of carbonyl (C=O) groups excluding carboxylic acids is 2. The highest BCUT2D eigenvalue weighted by Gasteiger charge is 2.36. The summed E-state index contributed by atoms with van der Waals surface area (Å²) < 4.78 is 38.1. The molecular weight excluding hydrogens is 279 g/mol. The van der Waals surface area contributed by atoms with Crippen LogP contribution < -0.4 is 15.5 Å². The van der Waals surface area contributed by atoms with E-state index < -0.39 is 23.8 Å². The van der Waals surface area contributed by atoms with Crippen LogP contribution in [0.1, 0.15) is 5.82 Å². The SMILES string of the molecule is CNc1cc(N2CC(=O)NC(=O)C2)nc(C(F)(F)F)n1. The number of halogens is 3. The summed E-state index contributed by atoms with van der Waals surface area (Å²) in [7, 11) is 1.40. The van der Waals surface area contributed by atoms with E-state index in [1.54, 1.807) is 0 Å². The Bertz CT molecular complexity index is 544. The van der Waals surface area contributed by atoms with Gasteiger partial charge >= 0.3 is 6.18 Å². The number of hydrogen-bond acceptors (Lipinski definition) is 6. The minimum Gasteiger partial charge on any atom is -0.373 e. The standard InChI is InChI=1S/C10H10F3N5O2/c1-14-5-2-6(16-9(15-5)10(11,12)13)18-3-7(19)17-8(20)4-18/h2H,3-4H2,1H3,(H,14,15,16)(H,17,19,20). The van der Waals surface area contributed by atoms with Crippen molar-refractivity contribution in [3.8, 4) is 0 Å². The van der Waals surface area contributed by atoms with Crippen molar-refractivity contribution in [1.29, 1.82) is 0 Å². The van der Waals surface area contributed by atoms with E-state index in [2.05, 4.69) is 20.6 Å². The van der Waals surface area contributed by atoms with E-state index in [4.69, 9.17) is 0 Å². The molecule has 2 N–H and O–H groups in total. The average molecular weight is 289 g/mol. The molecule has 0 bridgehead atoms. The van der Waals surface area contributed by atoms with Gasteiger partial charge in [0.25, 0.3) is 0 Å². The van der Waals surface area contributed by atoms with Crippen molar-refractivity contribution in [2.75, 3.05) is 30.4 Å². The Morgan fingerprint density at radius 1 is 1.25 bits per heavy atom. The zero-order valence-corrected chi connectivity index (χ0v) is 10.3. The fourth-order valence-electron chi connectivity index (χ4n) is 1.65. The Kier molecular flexibility index (Phi) is 3.47. The third-order valence-electron chi connectivity index (χ3n) is 2.49. The summed E-state index contributed by atoms with van der Waals surface area (Å²) in [5.74, 6) is -2.72. The van der Waals surface area contributed by atoms with Gasteiger partial charge in [-0.05, 0) is 0 Å². The average Bonchev–Trinajstić information content (AvgIpc) is 2.36. The fourth-order valence-corrected chi connectivity index (χ4v) is 1.65. The van der Waals surface area contributed by atoms with E-state index in [0.717, 1.165) is 4.90 Å². The molecule has 108 valence electrons. The molecule has 0 atom stereocenters. The van der Waals surface area contributed by atoms with Crippen molar-refractivity contribution in [3.63, 3.8) is 0 Å². The number of aromatic nitrogens is 2. The molecule has 1 saturated heterocycles. The largest absolute Gasteiger partial charge is 0.451 e. The number of carbonyl (C=O) groups is 2. The summed E-state index contributed by atoms with van der Waals surface area (Å²) in [6.07, 6.45) is -4.72. The Hall–Kier alpha value is -2.39. The first kappa shape index (κ1) is 14.0. The van der Waals surface area contributed by atoms with Gasteiger partial charge in [-0.2, -0.15) is 13.2 Å². The number of hydrogen-bond donors (Lipinski definition) is 2. The summed E-state index contributed by atoms with van der Waals surface area (Å²) in [5, 5.41) is 4.53. The molecule has 2 amide bonds. The maximum Gasteiger partial charge on any atom is 0.451 e. The van der Waals surface area contributed by atoms with Crippen LogP contribution >= 0.6 is 0 Å². The van der Waals surface area contributed by atoms with E-state index in [1.165, 1.54) is 13.1 Å². The molecule has 1 aromatic rings. The van der Waals surface area contributed by atoms with Gasteiger partial charge in [0.05, 0.1) is 13.1 Å². The molecule has 0 unspecified atom stereocenters. The second-order valence-corrected chi connectivity index (χ2v) is 4.01. The maximum absolute atomic E-state index is 12.7. The van der Waals surface area contributed by atoms with E-state index in [-0.39, 0.29) is 24.7 Å². The summed E-state index contributed by atoms with van der Waals surface area (Å²) in [6, 6.07) is 1.24. The van der Waals surface area contributed by atoms with E-state index in [0.29, 0.717) is 0 Å². The van der Waals surface area contributed by atoms with Gasteiger partial charge < -0.3 is 10.2 Å². The molecule has 1 aliphatic heterocycles. The first-order chi connectivity index (χ1) is 9.29. The molecule has 0 spiro atoms. The Morgan fingerprint density at radius 3 is 2.35 bits per heavy atom. The van der Waals surface area contributed by atoms with Crippen molar-refractivity contribution < 1.29 is 22.8 Å². The first-order valence-electron chi connectivity index (χ1n) is 5.51. The lowest BCUT2D eigenvalue weighted by atomic mass is 10.3. The first-order valence-corrected chi connectivity index (χ1v) is 5.51. The number of amides is 2. The molecule has 0 saturated carbocycles. The van der Waals surface area contributed by atoms with Gasteiger partial charge in [-0.1, -0.05) is 0 Å². The molecule has 1 aliphatic rings. The van der Waals surface area contributed by atoms with Crippen LogP contribution in [0.5, 0.6) is 0 Å². The van der Waals surface area contributed by atoms with Crippen molar-refractivity contribution in [2.45, 2.75) is 6.18 Å². The second-order valence-electron chi connectivity index (χ2n) is 4.01. The highest BCUT2D eigenvalue weighted by atomic mass is 19.4. The normalized spacial score (nSPS) is 16.1. The van der Waals surface area contributed by atoms with Crippen LogP contribution in [-0.2, 0) is 15.8 Å². The van der Waals surface area contributed by atoms with Gasteiger partial charge in [-0.25, -0.2) is 9.97 Å². The number of piperazine rings is 1. The smallest absolute Gasteiger partial charge is 0.373 e.